The molecule has 0 heterocycles. The Morgan fingerprint density at radius 1 is 1.19 bits per heavy atom. The Hall–Kier alpha value is 0.360. The fourth-order valence-electron chi connectivity index (χ4n) is 3.93. The number of rotatable bonds is 10. The number of hydrogen-bond acceptors (Lipinski definition) is 2. The number of methoxy groups -OCH3 is 1. The van der Waals surface area contributed by atoms with Crippen LogP contribution in [0.15, 0.2) is 0 Å². The molecule has 0 aromatic rings. The van der Waals surface area contributed by atoms with Crippen molar-refractivity contribution in [3.05, 3.63) is 0 Å². The highest BCUT2D eigenvalue weighted by molar-refractivity contribution is 14.1. The lowest BCUT2D eigenvalue weighted by Crippen LogP contribution is -2.46. The van der Waals surface area contributed by atoms with E-state index in [1.54, 1.807) is 7.11 Å². The van der Waals surface area contributed by atoms with Crippen LogP contribution in [0.4, 0.5) is 0 Å². The van der Waals surface area contributed by atoms with E-state index in [0.29, 0.717) is 24.2 Å². The van der Waals surface area contributed by atoms with E-state index in [0.717, 1.165) is 19.3 Å². The van der Waals surface area contributed by atoms with Crippen molar-refractivity contribution >= 4 is 28.4 Å². The molecular formula is C18H33IO2. The van der Waals surface area contributed by atoms with Gasteiger partial charge in [-0.05, 0) is 31.1 Å². The van der Waals surface area contributed by atoms with E-state index in [9.17, 15) is 4.79 Å². The van der Waals surface area contributed by atoms with E-state index < -0.39 is 0 Å². The Kier molecular flexibility index (Phi) is 8.77. The molecule has 0 amide bonds. The Balaban J connectivity index is 2.60. The van der Waals surface area contributed by atoms with Crippen LogP contribution in [0, 0.1) is 17.3 Å². The van der Waals surface area contributed by atoms with Gasteiger partial charge in [-0.2, -0.15) is 0 Å². The van der Waals surface area contributed by atoms with Crippen molar-refractivity contribution in [2.75, 3.05) is 13.7 Å². The van der Waals surface area contributed by atoms with E-state index in [2.05, 4.69) is 43.4 Å². The van der Waals surface area contributed by atoms with Crippen molar-refractivity contribution in [3.63, 3.8) is 0 Å². The van der Waals surface area contributed by atoms with Crippen LogP contribution >= 0.6 is 22.6 Å². The van der Waals surface area contributed by atoms with Crippen LogP contribution in [0.25, 0.3) is 0 Å². The second kappa shape index (κ2) is 9.49. The predicted octanol–water partition coefficient (Wildman–Crippen LogP) is 5.42. The molecule has 1 rings (SSSR count). The van der Waals surface area contributed by atoms with Gasteiger partial charge in [0.15, 0.2) is 5.78 Å². The molecule has 0 aromatic carbocycles. The summed E-state index contributed by atoms with van der Waals surface area (Å²) in [6.07, 6.45) is 9.72. The smallest absolute Gasteiger partial charge is 0.154 e. The van der Waals surface area contributed by atoms with Gasteiger partial charge in [-0.3, -0.25) is 4.79 Å². The number of ether oxygens (including phenoxy) is 1. The molecule has 0 radical (unpaired) electrons. The summed E-state index contributed by atoms with van der Waals surface area (Å²) in [6.45, 7) is 7.32. The molecule has 3 atom stereocenters. The van der Waals surface area contributed by atoms with Gasteiger partial charge in [-0.1, -0.05) is 75.5 Å². The first-order chi connectivity index (χ1) is 10.0. The van der Waals surface area contributed by atoms with Gasteiger partial charge in [0, 0.05) is 7.11 Å². The molecule has 124 valence electrons. The maximum atomic E-state index is 13.1. The average Bonchev–Trinajstić information content (AvgIpc) is 2.75. The number of carbonyl (C=O) groups excluding carboxylic acids is 1. The molecule has 1 saturated carbocycles. The van der Waals surface area contributed by atoms with Gasteiger partial charge in [-0.25, -0.2) is 0 Å². The molecule has 0 spiro atoms. The Bertz CT molecular complexity index is 306. The minimum absolute atomic E-state index is 0.155. The van der Waals surface area contributed by atoms with Crippen molar-refractivity contribution in [3.8, 4) is 0 Å². The van der Waals surface area contributed by atoms with Gasteiger partial charge in [0.05, 0.1) is 15.9 Å². The molecule has 21 heavy (non-hydrogen) atoms. The summed E-state index contributed by atoms with van der Waals surface area (Å²) in [5.41, 5.74) is -0.232. The Morgan fingerprint density at radius 2 is 1.76 bits per heavy atom. The van der Waals surface area contributed by atoms with Gasteiger partial charge < -0.3 is 4.74 Å². The number of halogens is 1. The SMILES string of the molecule is CCCCCCCC(I)C(=O)C1(COC)C(C)CCC1C. The summed E-state index contributed by atoms with van der Waals surface area (Å²) in [5.74, 6) is 1.37. The third-order valence-electron chi connectivity index (χ3n) is 5.48. The third-order valence-corrected chi connectivity index (χ3v) is 6.67. The molecule has 1 fully saturated rings. The summed E-state index contributed by atoms with van der Waals surface area (Å²) in [5, 5.41) is 0. The monoisotopic (exact) mass is 408 g/mol. The van der Waals surface area contributed by atoms with Gasteiger partial charge in [0.1, 0.15) is 0 Å². The van der Waals surface area contributed by atoms with Gasteiger partial charge in [-0.15, -0.1) is 0 Å². The fraction of sp³-hybridized carbons (Fsp3) is 0.944. The molecule has 1 aliphatic carbocycles. The maximum absolute atomic E-state index is 13.1. The van der Waals surface area contributed by atoms with Crippen molar-refractivity contribution in [2.45, 2.75) is 76.1 Å². The van der Waals surface area contributed by atoms with Gasteiger partial charge in [0.2, 0.25) is 0 Å². The first kappa shape index (κ1) is 19.4. The minimum Gasteiger partial charge on any atom is -0.384 e. The van der Waals surface area contributed by atoms with Crippen LogP contribution in [-0.4, -0.2) is 23.4 Å². The van der Waals surface area contributed by atoms with Gasteiger partial charge >= 0.3 is 0 Å². The van der Waals surface area contributed by atoms with Crippen LogP contribution in [0.2, 0.25) is 0 Å². The Morgan fingerprint density at radius 3 is 2.29 bits per heavy atom. The van der Waals surface area contributed by atoms with Crippen LogP contribution in [-0.2, 0) is 9.53 Å². The molecule has 0 N–H and O–H groups in total. The predicted molar refractivity (Wildman–Crippen MR) is 98.1 cm³/mol. The summed E-state index contributed by atoms with van der Waals surface area (Å²) in [4.78, 5) is 13.1. The average molecular weight is 408 g/mol. The first-order valence-electron chi connectivity index (χ1n) is 8.68. The number of Topliss-reactive ketones (excluding diaryl/α,β-unsaturated/α-hetero) is 1. The number of alkyl halides is 1. The molecule has 2 nitrogen and oxygen atoms in total. The van der Waals surface area contributed by atoms with Crippen LogP contribution in [0.1, 0.15) is 72.1 Å². The highest BCUT2D eigenvalue weighted by Crippen LogP contribution is 2.50. The third kappa shape index (κ3) is 4.66. The quantitative estimate of drug-likeness (QED) is 0.274. The molecular weight excluding hydrogens is 375 g/mol. The molecule has 0 aliphatic heterocycles. The number of ketones is 1. The molecule has 0 saturated heterocycles. The zero-order valence-electron chi connectivity index (χ0n) is 14.3. The molecule has 3 heteroatoms. The number of unbranched alkanes of at least 4 members (excludes halogenated alkanes) is 4. The van der Waals surface area contributed by atoms with Gasteiger partial charge in [0.25, 0.3) is 0 Å². The van der Waals surface area contributed by atoms with E-state index in [-0.39, 0.29) is 9.34 Å². The lowest BCUT2D eigenvalue weighted by Gasteiger charge is -2.37. The summed E-state index contributed by atoms with van der Waals surface area (Å²) < 4.78 is 5.63. The standard InChI is InChI=1S/C18H33IO2/c1-5-6-7-8-9-10-16(19)17(20)18(13-21-4)14(2)11-12-15(18)3/h14-16H,5-13H2,1-4H3. The van der Waals surface area contributed by atoms with Crippen molar-refractivity contribution in [1.29, 1.82) is 0 Å². The lowest BCUT2D eigenvalue weighted by molar-refractivity contribution is -0.136. The normalized spacial score (nSPS) is 30.5. The molecule has 0 aromatic heterocycles. The van der Waals surface area contributed by atoms with Crippen molar-refractivity contribution in [1.82, 2.24) is 0 Å². The lowest BCUT2D eigenvalue weighted by atomic mass is 9.69. The summed E-state index contributed by atoms with van der Waals surface area (Å²) >= 11 is 2.38. The Labute approximate surface area is 144 Å². The van der Waals surface area contributed by atoms with E-state index in [4.69, 9.17) is 4.74 Å². The van der Waals surface area contributed by atoms with Crippen LogP contribution in [0.5, 0.6) is 0 Å². The fourth-order valence-corrected chi connectivity index (χ4v) is 4.95. The zero-order valence-corrected chi connectivity index (χ0v) is 16.4. The zero-order chi connectivity index (χ0) is 15.9. The largest absolute Gasteiger partial charge is 0.384 e. The highest BCUT2D eigenvalue weighted by atomic mass is 127. The first-order valence-corrected chi connectivity index (χ1v) is 9.92. The summed E-state index contributed by atoms with van der Waals surface area (Å²) in [7, 11) is 1.74. The topological polar surface area (TPSA) is 26.3 Å². The van der Waals surface area contributed by atoms with E-state index >= 15 is 0 Å². The maximum Gasteiger partial charge on any atom is 0.154 e. The van der Waals surface area contributed by atoms with E-state index in [1.807, 2.05) is 0 Å². The van der Waals surface area contributed by atoms with Crippen molar-refractivity contribution < 1.29 is 9.53 Å². The number of hydrogen-bond donors (Lipinski definition) is 0. The molecule has 0 bridgehead atoms. The molecule has 1 aliphatic rings. The van der Waals surface area contributed by atoms with Crippen LogP contribution in [0.3, 0.4) is 0 Å². The van der Waals surface area contributed by atoms with E-state index in [1.165, 1.54) is 32.1 Å². The van der Waals surface area contributed by atoms with Crippen molar-refractivity contribution in [2.24, 2.45) is 17.3 Å². The second-order valence-corrected chi connectivity index (χ2v) is 8.39. The van der Waals surface area contributed by atoms with Crippen LogP contribution < -0.4 is 0 Å². The summed E-state index contributed by atoms with van der Waals surface area (Å²) in [6, 6.07) is 0. The molecule has 3 unspecified atom stereocenters. The number of carbonyl (C=O) groups is 1. The second-order valence-electron chi connectivity index (χ2n) is 6.89. The minimum atomic E-state index is -0.232. The highest BCUT2D eigenvalue weighted by Gasteiger charge is 2.52.